The molecular formula is C6H3F2O-. The van der Waals surface area contributed by atoms with Crippen LogP contribution in [-0.4, -0.2) is 0 Å². The third-order valence-electron chi connectivity index (χ3n) is 0.893. The lowest BCUT2D eigenvalue weighted by Crippen LogP contribution is -1.93. The molecule has 0 N–H and O–H groups in total. The second-order valence-corrected chi connectivity index (χ2v) is 1.57. The van der Waals surface area contributed by atoms with Crippen molar-refractivity contribution >= 4 is 0 Å². The first-order valence-electron chi connectivity index (χ1n) is 2.32. The van der Waals surface area contributed by atoms with E-state index in [4.69, 9.17) is 0 Å². The fourth-order valence-electron chi connectivity index (χ4n) is 0.477. The molecule has 0 aromatic heterocycles. The summed E-state index contributed by atoms with van der Waals surface area (Å²) in [5.74, 6) is -2.53. The van der Waals surface area contributed by atoms with E-state index >= 15 is 0 Å². The third kappa shape index (κ3) is 1.16. The van der Waals surface area contributed by atoms with Gasteiger partial charge in [0.15, 0.2) is 0 Å². The molecule has 1 nitrogen and oxygen atoms in total. The maximum atomic E-state index is 12.0. The van der Waals surface area contributed by atoms with Crippen LogP contribution < -0.4 is 5.11 Å². The Morgan fingerprint density at radius 2 is 1.89 bits per heavy atom. The normalized spacial score (nSPS) is 9.56. The van der Waals surface area contributed by atoms with Crippen LogP contribution in [0.1, 0.15) is 0 Å². The van der Waals surface area contributed by atoms with Crippen LogP contribution in [0.2, 0.25) is 0 Å². The maximum Gasteiger partial charge on any atom is 0.122 e. The molecule has 1 aromatic rings. The Morgan fingerprint density at radius 1 is 1.22 bits per heavy atom. The van der Waals surface area contributed by atoms with Gasteiger partial charge in [-0.05, 0) is 18.2 Å². The molecule has 0 bridgehead atoms. The Bertz CT molecular complexity index is 222. The van der Waals surface area contributed by atoms with Crippen LogP contribution in [0, 0.1) is 11.6 Å². The summed E-state index contributed by atoms with van der Waals surface area (Å²) in [5.41, 5.74) is 0. The molecular weight excluding hydrogens is 126 g/mol. The van der Waals surface area contributed by atoms with E-state index in [1.807, 2.05) is 0 Å². The average molecular weight is 129 g/mol. The Kier molecular flexibility index (Phi) is 1.34. The van der Waals surface area contributed by atoms with E-state index in [1.54, 1.807) is 0 Å². The molecule has 1 rings (SSSR count). The monoisotopic (exact) mass is 129 g/mol. The molecule has 9 heavy (non-hydrogen) atoms. The van der Waals surface area contributed by atoms with E-state index in [2.05, 4.69) is 0 Å². The van der Waals surface area contributed by atoms with Crippen molar-refractivity contribution in [1.82, 2.24) is 0 Å². The number of hydrogen-bond acceptors (Lipinski definition) is 1. The SMILES string of the molecule is [O-]c1cc(F)ccc1F. The molecule has 0 saturated heterocycles. The van der Waals surface area contributed by atoms with E-state index in [0.717, 1.165) is 12.1 Å². The van der Waals surface area contributed by atoms with E-state index in [-0.39, 0.29) is 0 Å². The van der Waals surface area contributed by atoms with Crippen LogP contribution in [0.5, 0.6) is 5.75 Å². The van der Waals surface area contributed by atoms with Crippen LogP contribution in [0.4, 0.5) is 8.78 Å². The topological polar surface area (TPSA) is 23.1 Å². The fourth-order valence-corrected chi connectivity index (χ4v) is 0.477. The van der Waals surface area contributed by atoms with Gasteiger partial charge < -0.3 is 5.11 Å². The summed E-state index contributed by atoms with van der Waals surface area (Å²) in [6, 6.07) is 2.31. The van der Waals surface area contributed by atoms with Gasteiger partial charge in [-0.1, -0.05) is 5.75 Å². The molecule has 0 spiro atoms. The molecule has 3 heteroatoms. The zero-order chi connectivity index (χ0) is 6.85. The van der Waals surface area contributed by atoms with Crippen molar-refractivity contribution in [1.29, 1.82) is 0 Å². The lowest BCUT2D eigenvalue weighted by Gasteiger charge is -2.04. The molecule has 0 aliphatic carbocycles. The van der Waals surface area contributed by atoms with Gasteiger partial charge in [-0.2, -0.15) is 0 Å². The summed E-state index contributed by atoms with van der Waals surface area (Å²) < 4.78 is 24.0. The van der Waals surface area contributed by atoms with Crippen molar-refractivity contribution < 1.29 is 13.9 Å². The first-order chi connectivity index (χ1) is 4.20. The highest BCUT2D eigenvalue weighted by molar-refractivity contribution is 5.21. The lowest BCUT2D eigenvalue weighted by atomic mass is 10.3. The van der Waals surface area contributed by atoms with Gasteiger partial charge in [-0.15, -0.1) is 0 Å². The minimum atomic E-state index is -0.920. The molecule has 0 radical (unpaired) electrons. The quantitative estimate of drug-likeness (QED) is 0.513. The fraction of sp³-hybridized carbons (Fsp3) is 0. The van der Waals surface area contributed by atoms with Gasteiger partial charge in [0.25, 0.3) is 0 Å². The van der Waals surface area contributed by atoms with E-state index < -0.39 is 17.4 Å². The van der Waals surface area contributed by atoms with Crippen molar-refractivity contribution in [2.45, 2.75) is 0 Å². The summed E-state index contributed by atoms with van der Waals surface area (Å²) in [5, 5.41) is 10.2. The largest absolute Gasteiger partial charge is 0.870 e. The standard InChI is InChI=1S/C6H4F2O/c7-4-1-2-5(8)6(9)3-4/h1-3,9H/p-1. The summed E-state index contributed by atoms with van der Waals surface area (Å²) in [6.07, 6.45) is 0. The molecule has 0 fully saturated rings. The van der Waals surface area contributed by atoms with Gasteiger partial charge in [-0.25, -0.2) is 8.78 Å². The Hall–Kier alpha value is -1.12. The molecule has 48 valence electrons. The van der Waals surface area contributed by atoms with Gasteiger partial charge >= 0.3 is 0 Å². The predicted octanol–water partition coefficient (Wildman–Crippen LogP) is 1.04. The molecule has 0 aliphatic rings. The van der Waals surface area contributed by atoms with E-state index in [0.29, 0.717) is 6.07 Å². The maximum absolute atomic E-state index is 12.0. The van der Waals surface area contributed by atoms with Crippen LogP contribution in [0.25, 0.3) is 0 Å². The molecule has 1 aromatic carbocycles. The minimum absolute atomic E-state index is 0.606. The number of halogens is 2. The van der Waals surface area contributed by atoms with Gasteiger partial charge in [0.05, 0.1) is 0 Å². The van der Waals surface area contributed by atoms with Crippen LogP contribution in [0.15, 0.2) is 18.2 Å². The summed E-state index contributed by atoms with van der Waals surface area (Å²) in [4.78, 5) is 0. The van der Waals surface area contributed by atoms with Crippen molar-refractivity contribution in [3.8, 4) is 5.75 Å². The Morgan fingerprint density at radius 3 is 2.33 bits per heavy atom. The zero-order valence-corrected chi connectivity index (χ0v) is 4.40. The molecule has 0 unspecified atom stereocenters. The van der Waals surface area contributed by atoms with Gasteiger partial charge in [0.2, 0.25) is 0 Å². The molecule has 0 aliphatic heterocycles. The van der Waals surface area contributed by atoms with Crippen LogP contribution >= 0.6 is 0 Å². The second kappa shape index (κ2) is 2.01. The number of hydrogen-bond donors (Lipinski definition) is 0. The highest BCUT2D eigenvalue weighted by Gasteiger charge is 1.91. The van der Waals surface area contributed by atoms with Gasteiger partial charge in [0.1, 0.15) is 11.6 Å². The zero-order valence-electron chi connectivity index (χ0n) is 4.40. The molecule has 0 saturated carbocycles. The van der Waals surface area contributed by atoms with Crippen molar-refractivity contribution in [3.63, 3.8) is 0 Å². The van der Waals surface area contributed by atoms with Crippen molar-refractivity contribution in [3.05, 3.63) is 29.8 Å². The number of benzene rings is 1. The van der Waals surface area contributed by atoms with E-state index in [1.165, 1.54) is 0 Å². The predicted molar refractivity (Wildman–Crippen MR) is 25.8 cm³/mol. The van der Waals surface area contributed by atoms with E-state index in [9.17, 15) is 13.9 Å². The molecule has 0 heterocycles. The first kappa shape index (κ1) is 6.01. The Labute approximate surface area is 50.6 Å². The highest BCUT2D eigenvalue weighted by Crippen LogP contribution is 2.11. The average Bonchev–Trinajstić information content (AvgIpc) is 1.80. The molecule has 0 amide bonds. The Balaban J connectivity index is 3.17. The third-order valence-corrected chi connectivity index (χ3v) is 0.893. The second-order valence-electron chi connectivity index (χ2n) is 1.57. The summed E-state index contributed by atoms with van der Waals surface area (Å²) >= 11 is 0. The van der Waals surface area contributed by atoms with Crippen molar-refractivity contribution in [2.24, 2.45) is 0 Å². The summed E-state index contributed by atoms with van der Waals surface area (Å²) in [7, 11) is 0. The first-order valence-corrected chi connectivity index (χ1v) is 2.32. The van der Waals surface area contributed by atoms with Crippen LogP contribution in [-0.2, 0) is 0 Å². The molecule has 0 atom stereocenters. The number of rotatable bonds is 0. The van der Waals surface area contributed by atoms with Crippen LogP contribution in [0.3, 0.4) is 0 Å². The lowest BCUT2D eigenvalue weighted by molar-refractivity contribution is -0.272. The van der Waals surface area contributed by atoms with Gasteiger partial charge in [0, 0.05) is 0 Å². The van der Waals surface area contributed by atoms with Gasteiger partial charge in [-0.3, -0.25) is 0 Å². The summed E-state index contributed by atoms with van der Waals surface area (Å²) in [6.45, 7) is 0. The smallest absolute Gasteiger partial charge is 0.122 e. The highest BCUT2D eigenvalue weighted by atomic mass is 19.1. The van der Waals surface area contributed by atoms with Crippen molar-refractivity contribution in [2.75, 3.05) is 0 Å². The minimum Gasteiger partial charge on any atom is -0.870 e.